The first-order valence-electron chi connectivity index (χ1n) is 6.73. The monoisotopic (exact) mass is 336 g/mol. The van der Waals surface area contributed by atoms with Crippen LogP contribution in [0.2, 0.25) is 5.02 Å². The van der Waals surface area contributed by atoms with Gasteiger partial charge in [0.05, 0.1) is 0 Å². The standard InChI is InChI=1S/C16H17ClN2O2S/c1-11-10-14(6-7-15(11)17)21-9-8-20-13-4-2-12(3-5-13)19-16(18)22/h2-7,10H,8-9H2,1H3,(H3,18,19,22). The first kappa shape index (κ1) is 16.4. The molecular weight excluding hydrogens is 320 g/mol. The second-order valence-corrected chi connectivity index (χ2v) is 5.47. The van der Waals surface area contributed by atoms with E-state index in [-0.39, 0.29) is 5.11 Å². The molecule has 0 spiro atoms. The molecule has 0 aromatic heterocycles. The second-order valence-electron chi connectivity index (χ2n) is 4.62. The highest BCUT2D eigenvalue weighted by Gasteiger charge is 2.00. The van der Waals surface area contributed by atoms with Crippen molar-refractivity contribution in [2.45, 2.75) is 6.92 Å². The molecular formula is C16H17ClN2O2S. The molecule has 6 heteroatoms. The minimum atomic E-state index is 0.236. The van der Waals surface area contributed by atoms with Gasteiger partial charge in [0.2, 0.25) is 0 Å². The Balaban J connectivity index is 1.76. The minimum Gasteiger partial charge on any atom is -0.490 e. The molecule has 0 aliphatic carbocycles. The topological polar surface area (TPSA) is 56.5 Å². The molecule has 4 nitrogen and oxygen atoms in total. The number of benzene rings is 2. The fourth-order valence-corrected chi connectivity index (χ4v) is 2.04. The van der Waals surface area contributed by atoms with E-state index in [9.17, 15) is 0 Å². The molecule has 0 fully saturated rings. The van der Waals surface area contributed by atoms with E-state index in [0.717, 1.165) is 27.8 Å². The summed E-state index contributed by atoms with van der Waals surface area (Å²) in [6.45, 7) is 2.84. The van der Waals surface area contributed by atoms with Crippen LogP contribution in [0.25, 0.3) is 0 Å². The largest absolute Gasteiger partial charge is 0.490 e. The SMILES string of the molecule is Cc1cc(OCCOc2ccc(NC(N)=S)cc2)ccc1Cl. The highest BCUT2D eigenvalue weighted by Crippen LogP contribution is 2.21. The number of ether oxygens (including phenoxy) is 2. The maximum Gasteiger partial charge on any atom is 0.168 e. The third-order valence-electron chi connectivity index (χ3n) is 2.87. The van der Waals surface area contributed by atoms with Crippen LogP contribution >= 0.6 is 23.8 Å². The number of rotatable bonds is 6. The van der Waals surface area contributed by atoms with Gasteiger partial charge >= 0.3 is 0 Å². The molecule has 22 heavy (non-hydrogen) atoms. The van der Waals surface area contributed by atoms with Crippen molar-refractivity contribution in [1.29, 1.82) is 0 Å². The summed E-state index contributed by atoms with van der Waals surface area (Å²) in [5.41, 5.74) is 7.21. The summed E-state index contributed by atoms with van der Waals surface area (Å²) in [4.78, 5) is 0. The van der Waals surface area contributed by atoms with Crippen LogP contribution in [0, 0.1) is 6.92 Å². The van der Waals surface area contributed by atoms with Crippen LogP contribution in [0.1, 0.15) is 5.56 Å². The van der Waals surface area contributed by atoms with Crippen molar-refractivity contribution in [3.63, 3.8) is 0 Å². The van der Waals surface area contributed by atoms with Crippen molar-refractivity contribution in [2.24, 2.45) is 5.73 Å². The Morgan fingerprint density at radius 1 is 1.09 bits per heavy atom. The van der Waals surface area contributed by atoms with Gasteiger partial charge in [-0.15, -0.1) is 0 Å². The van der Waals surface area contributed by atoms with Crippen LogP contribution in [0.4, 0.5) is 5.69 Å². The molecule has 2 aromatic carbocycles. The lowest BCUT2D eigenvalue weighted by molar-refractivity contribution is 0.217. The molecule has 2 aromatic rings. The van der Waals surface area contributed by atoms with Crippen molar-refractivity contribution in [3.05, 3.63) is 53.1 Å². The summed E-state index contributed by atoms with van der Waals surface area (Å²) in [5.74, 6) is 1.53. The van der Waals surface area contributed by atoms with Gasteiger partial charge in [-0.25, -0.2) is 0 Å². The van der Waals surface area contributed by atoms with Crippen molar-refractivity contribution in [1.82, 2.24) is 0 Å². The van der Waals surface area contributed by atoms with E-state index in [1.165, 1.54) is 0 Å². The Morgan fingerprint density at radius 3 is 2.27 bits per heavy atom. The van der Waals surface area contributed by atoms with Crippen LogP contribution in [-0.2, 0) is 0 Å². The zero-order valence-electron chi connectivity index (χ0n) is 12.1. The number of aryl methyl sites for hydroxylation is 1. The van der Waals surface area contributed by atoms with E-state index in [1.807, 2.05) is 49.4 Å². The molecule has 0 atom stereocenters. The fraction of sp³-hybridized carbons (Fsp3) is 0.188. The minimum absolute atomic E-state index is 0.236. The maximum absolute atomic E-state index is 5.96. The number of hydrogen-bond donors (Lipinski definition) is 2. The highest BCUT2D eigenvalue weighted by molar-refractivity contribution is 7.80. The predicted octanol–water partition coefficient (Wildman–Crippen LogP) is 3.76. The Bertz CT molecular complexity index is 647. The molecule has 0 bridgehead atoms. The van der Waals surface area contributed by atoms with E-state index in [2.05, 4.69) is 5.32 Å². The molecule has 0 amide bonds. The lowest BCUT2D eigenvalue weighted by atomic mass is 10.2. The first-order chi connectivity index (χ1) is 10.5. The second kappa shape index (κ2) is 7.87. The van der Waals surface area contributed by atoms with Crippen LogP contribution in [-0.4, -0.2) is 18.3 Å². The average Bonchev–Trinajstić information content (AvgIpc) is 2.48. The Hall–Kier alpha value is -1.98. The van der Waals surface area contributed by atoms with Crippen molar-refractivity contribution in [2.75, 3.05) is 18.5 Å². The van der Waals surface area contributed by atoms with Gasteiger partial charge in [-0.1, -0.05) is 11.6 Å². The molecule has 0 saturated carbocycles. The van der Waals surface area contributed by atoms with Gasteiger partial charge in [0.25, 0.3) is 0 Å². The van der Waals surface area contributed by atoms with Gasteiger partial charge in [0.1, 0.15) is 24.7 Å². The summed E-state index contributed by atoms with van der Waals surface area (Å²) >= 11 is 10.7. The van der Waals surface area contributed by atoms with Gasteiger partial charge in [0, 0.05) is 10.7 Å². The zero-order chi connectivity index (χ0) is 15.9. The third-order valence-corrected chi connectivity index (χ3v) is 3.40. The van der Waals surface area contributed by atoms with Gasteiger partial charge in [-0.2, -0.15) is 0 Å². The maximum atomic E-state index is 5.96. The Morgan fingerprint density at radius 2 is 1.68 bits per heavy atom. The van der Waals surface area contributed by atoms with Gasteiger partial charge in [-0.3, -0.25) is 0 Å². The molecule has 0 aliphatic rings. The smallest absolute Gasteiger partial charge is 0.168 e. The van der Waals surface area contributed by atoms with Crippen LogP contribution in [0.15, 0.2) is 42.5 Å². The Kier molecular flexibility index (Phi) is 5.86. The zero-order valence-corrected chi connectivity index (χ0v) is 13.7. The van der Waals surface area contributed by atoms with Gasteiger partial charge < -0.3 is 20.5 Å². The Labute approximate surface area is 140 Å². The van der Waals surface area contributed by atoms with E-state index in [1.54, 1.807) is 0 Å². The van der Waals surface area contributed by atoms with Gasteiger partial charge in [-0.05, 0) is 67.2 Å². The molecule has 0 unspecified atom stereocenters. The van der Waals surface area contributed by atoms with Crippen LogP contribution in [0.3, 0.4) is 0 Å². The molecule has 0 saturated heterocycles. The van der Waals surface area contributed by atoms with E-state index in [0.29, 0.717) is 13.2 Å². The van der Waals surface area contributed by atoms with E-state index >= 15 is 0 Å². The van der Waals surface area contributed by atoms with Crippen LogP contribution in [0.5, 0.6) is 11.5 Å². The normalized spacial score (nSPS) is 10.1. The van der Waals surface area contributed by atoms with Crippen molar-refractivity contribution >= 4 is 34.6 Å². The summed E-state index contributed by atoms with van der Waals surface area (Å²) in [6, 6.07) is 12.9. The number of nitrogens with one attached hydrogen (secondary N) is 1. The third kappa shape index (κ3) is 5.09. The van der Waals surface area contributed by atoms with Crippen molar-refractivity contribution < 1.29 is 9.47 Å². The van der Waals surface area contributed by atoms with E-state index in [4.69, 9.17) is 39.0 Å². The first-order valence-corrected chi connectivity index (χ1v) is 7.51. The lowest BCUT2D eigenvalue weighted by Crippen LogP contribution is -2.18. The average molecular weight is 337 g/mol. The number of thiocarbonyl (C=S) groups is 1. The quantitative estimate of drug-likeness (QED) is 0.621. The molecule has 0 heterocycles. The molecule has 3 N–H and O–H groups in total. The van der Waals surface area contributed by atoms with Gasteiger partial charge in [0.15, 0.2) is 5.11 Å². The number of anilines is 1. The summed E-state index contributed by atoms with van der Waals surface area (Å²) in [5, 5.41) is 3.82. The number of hydrogen-bond acceptors (Lipinski definition) is 3. The van der Waals surface area contributed by atoms with Crippen LogP contribution < -0.4 is 20.5 Å². The number of nitrogens with two attached hydrogens (primary N) is 1. The summed E-state index contributed by atoms with van der Waals surface area (Å²) < 4.78 is 11.2. The van der Waals surface area contributed by atoms with E-state index < -0.39 is 0 Å². The molecule has 2 rings (SSSR count). The number of halogens is 1. The lowest BCUT2D eigenvalue weighted by Gasteiger charge is -2.10. The van der Waals surface area contributed by atoms with Crippen molar-refractivity contribution in [3.8, 4) is 11.5 Å². The molecule has 0 radical (unpaired) electrons. The summed E-state index contributed by atoms with van der Waals surface area (Å²) in [7, 11) is 0. The molecule has 0 aliphatic heterocycles. The fourth-order valence-electron chi connectivity index (χ4n) is 1.80. The highest BCUT2D eigenvalue weighted by atomic mass is 35.5. The summed E-state index contributed by atoms with van der Waals surface area (Å²) in [6.07, 6.45) is 0. The molecule has 116 valence electrons. The predicted molar refractivity (Wildman–Crippen MR) is 94.0 cm³/mol.